The Morgan fingerprint density at radius 2 is 2.24 bits per heavy atom. The van der Waals surface area contributed by atoms with Crippen LogP contribution in [-0.4, -0.2) is 33.0 Å². The maximum atomic E-state index is 11.3. The summed E-state index contributed by atoms with van der Waals surface area (Å²) >= 11 is 0. The van der Waals surface area contributed by atoms with Crippen LogP contribution in [0.1, 0.15) is 12.0 Å². The third-order valence-electron chi connectivity index (χ3n) is 3.04. The molecule has 2 N–H and O–H groups in total. The van der Waals surface area contributed by atoms with Crippen LogP contribution in [-0.2, 0) is 16.4 Å². The van der Waals surface area contributed by atoms with E-state index >= 15 is 0 Å². The van der Waals surface area contributed by atoms with Gasteiger partial charge >= 0.3 is 0 Å². The molecule has 94 valence electrons. The van der Waals surface area contributed by atoms with Crippen LogP contribution in [0.2, 0.25) is 0 Å². The molecule has 2 rings (SSSR count). The molecule has 1 unspecified atom stereocenters. The molecule has 0 aromatic heterocycles. The van der Waals surface area contributed by atoms with E-state index in [1.807, 2.05) is 25.2 Å². The minimum absolute atomic E-state index is 0.109. The minimum atomic E-state index is -2.79. The predicted molar refractivity (Wildman–Crippen MR) is 69.9 cm³/mol. The normalized spacial score (nSPS) is 22.5. The number of hydrogen-bond donors (Lipinski definition) is 2. The Labute approximate surface area is 102 Å². The van der Waals surface area contributed by atoms with Crippen molar-refractivity contribution in [3.63, 3.8) is 0 Å². The number of sulfone groups is 1. The van der Waals surface area contributed by atoms with Crippen molar-refractivity contribution >= 4 is 15.5 Å². The number of anilines is 1. The van der Waals surface area contributed by atoms with E-state index in [4.69, 9.17) is 0 Å². The number of benzene rings is 1. The van der Waals surface area contributed by atoms with Gasteiger partial charge in [-0.05, 0) is 24.1 Å². The Morgan fingerprint density at radius 1 is 1.41 bits per heavy atom. The summed E-state index contributed by atoms with van der Waals surface area (Å²) < 4.78 is 22.6. The fraction of sp³-hybridized carbons (Fsp3) is 0.500. The van der Waals surface area contributed by atoms with Gasteiger partial charge in [0.2, 0.25) is 0 Å². The van der Waals surface area contributed by atoms with Crippen LogP contribution in [0.5, 0.6) is 0 Å². The SMILES string of the molecule is CNc1cccc(CNC2CCS(=O)(=O)C2)c1. The largest absolute Gasteiger partial charge is 0.388 e. The molecule has 0 bridgehead atoms. The van der Waals surface area contributed by atoms with Crippen molar-refractivity contribution in [2.75, 3.05) is 23.9 Å². The van der Waals surface area contributed by atoms with E-state index in [2.05, 4.69) is 16.7 Å². The van der Waals surface area contributed by atoms with Crippen molar-refractivity contribution in [1.82, 2.24) is 5.32 Å². The fourth-order valence-corrected chi connectivity index (χ4v) is 3.76. The minimum Gasteiger partial charge on any atom is -0.388 e. The molecule has 1 aromatic rings. The summed E-state index contributed by atoms with van der Waals surface area (Å²) in [5, 5.41) is 6.38. The molecule has 1 heterocycles. The van der Waals surface area contributed by atoms with E-state index < -0.39 is 9.84 Å². The zero-order valence-electron chi connectivity index (χ0n) is 9.94. The van der Waals surface area contributed by atoms with Crippen molar-refractivity contribution in [3.8, 4) is 0 Å². The first kappa shape index (κ1) is 12.4. The maximum absolute atomic E-state index is 11.3. The fourth-order valence-electron chi connectivity index (χ4n) is 2.05. The lowest BCUT2D eigenvalue weighted by atomic mass is 10.2. The van der Waals surface area contributed by atoms with Crippen LogP contribution >= 0.6 is 0 Å². The number of hydrogen-bond acceptors (Lipinski definition) is 4. The molecule has 0 amide bonds. The molecule has 0 saturated carbocycles. The lowest BCUT2D eigenvalue weighted by Gasteiger charge is -2.11. The number of nitrogens with one attached hydrogen (secondary N) is 2. The van der Waals surface area contributed by atoms with Crippen LogP contribution in [0.4, 0.5) is 5.69 Å². The van der Waals surface area contributed by atoms with Gasteiger partial charge in [-0.1, -0.05) is 12.1 Å². The van der Waals surface area contributed by atoms with Crippen LogP contribution in [0.15, 0.2) is 24.3 Å². The molecular formula is C12H18N2O2S. The van der Waals surface area contributed by atoms with Crippen molar-refractivity contribution in [2.24, 2.45) is 0 Å². The summed E-state index contributed by atoms with van der Waals surface area (Å²) in [7, 11) is -0.903. The molecular weight excluding hydrogens is 236 g/mol. The lowest BCUT2D eigenvalue weighted by Crippen LogP contribution is -2.29. The quantitative estimate of drug-likeness (QED) is 0.842. The highest BCUT2D eigenvalue weighted by molar-refractivity contribution is 7.91. The highest BCUT2D eigenvalue weighted by Gasteiger charge is 2.27. The average molecular weight is 254 g/mol. The first-order chi connectivity index (χ1) is 8.09. The standard InChI is InChI=1S/C12H18N2O2S/c1-13-11-4-2-3-10(7-11)8-14-12-5-6-17(15,16)9-12/h2-4,7,12-14H,5-6,8-9H2,1H3. The molecule has 1 atom stereocenters. The predicted octanol–water partition coefficient (Wildman–Crippen LogP) is 1.00. The highest BCUT2D eigenvalue weighted by Crippen LogP contribution is 2.13. The van der Waals surface area contributed by atoms with Crippen LogP contribution in [0.25, 0.3) is 0 Å². The molecule has 1 aliphatic rings. The molecule has 1 aliphatic heterocycles. The van der Waals surface area contributed by atoms with Gasteiger partial charge in [0.25, 0.3) is 0 Å². The van der Waals surface area contributed by atoms with Crippen LogP contribution in [0.3, 0.4) is 0 Å². The van der Waals surface area contributed by atoms with E-state index in [-0.39, 0.29) is 11.8 Å². The molecule has 1 saturated heterocycles. The summed E-state index contributed by atoms with van der Waals surface area (Å²) in [6.07, 6.45) is 0.730. The number of rotatable bonds is 4. The van der Waals surface area contributed by atoms with Crippen molar-refractivity contribution in [3.05, 3.63) is 29.8 Å². The van der Waals surface area contributed by atoms with Gasteiger partial charge in [-0.25, -0.2) is 8.42 Å². The maximum Gasteiger partial charge on any atom is 0.151 e. The van der Waals surface area contributed by atoms with Crippen LogP contribution in [0, 0.1) is 0 Å². The Morgan fingerprint density at radius 3 is 2.88 bits per heavy atom. The van der Waals surface area contributed by atoms with E-state index in [1.165, 1.54) is 5.56 Å². The second-order valence-electron chi connectivity index (χ2n) is 4.43. The third-order valence-corrected chi connectivity index (χ3v) is 4.81. The second-order valence-corrected chi connectivity index (χ2v) is 6.66. The highest BCUT2D eigenvalue weighted by atomic mass is 32.2. The van der Waals surface area contributed by atoms with E-state index in [0.29, 0.717) is 5.75 Å². The summed E-state index contributed by atoms with van der Waals surface area (Å²) in [6.45, 7) is 0.718. The van der Waals surface area contributed by atoms with Gasteiger partial charge in [0.15, 0.2) is 9.84 Å². The van der Waals surface area contributed by atoms with Crippen molar-refractivity contribution in [1.29, 1.82) is 0 Å². The van der Waals surface area contributed by atoms with Gasteiger partial charge < -0.3 is 10.6 Å². The molecule has 1 fully saturated rings. The van der Waals surface area contributed by atoms with Crippen molar-refractivity contribution in [2.45, 2.75) is 19.0 Å². The van der Waals surface area contributed by atoms with Gasteiger partial charge in [-0.2, -0.15) is 0 Å². The summed E-state index contributed by atoms with van der Waals surface area (Å²) in [5.41, 5.74) is 2.24. The van der Waals surface area contributed by atoms with Crippen LogP contribution < -0.4 is 10.6 Å². The average Bonchev–Trinajstić information content (AvgIpc) is 2.67. The van der Waals surface area contributed by atoms with E-state index in [0.717, 1.165) is 18.7 Å². The molecule has 4 nitrogen and oxygen atoms in total. The van der Waals surface area contributed by atoms with Crippen molar-refractivity contribution < 1.29 is 8.42 Å². The van der Waals surface area contributed by atoms with Gasteiger partial charge in [-0.15, -0.1) is 0 Å². The molecule has 1 aromatic carbocycles. The molecule has 0 aliphatic carbocycles. The van der Waals surface area contributed by atoms with E-state index in [9.17, 15) is 8.42 Å². The summed E-state index contributed by atoms with van der Waals surface area (Å²) in [6, 6.07) is 8.21. The molecule has 0 spiro atoms. The zero-order valence-corrected chi connectivity index (χ0v) is 10.8. The lowest BCUT2D eigenvalue weighted by molar-refractivity contribution is 0.554. The Balaban J connectivity index is 1.90. The molecule has 17 heavy (non-hydrogen) atoms. The summed E-state index contributed by atoms with van der Waals surface area (Å²) in [5.74, 6) is 0.597. The summed E-state index contributed by atoms with van der Waals surface area (Å²) in [4.78, 5) is 0. The van der Waals surface area contributed by atoms with Gasteiger partial charge in [0.05, 0.1) is 11.5 Å². The first-order valence-corrected chi connectivity index (χ1v) is 7.62. The second kappa shape index (κ2) is 5.06. The Kier molecular flexibility index (Phi) is 3.69. The third kappa shape index (κ3) is 3.44. The van der Waals surface area contributed by atoms with E-state index in [1.54, 1.807) is 0 Å². The Bertz CT molecular complexity index is 485. The van der Waals surface area contributed by atoms with Gasteiger partial charge in [0.1, 0.15) is 0 Å². The molecule has 5 heteroatoms. The van der Waals surface area contributed by atoms with Gasteiger partial charge in [-0.3, -0.25) is 0 Å². The first-order valence-electron chi connectivity index (χ1n) is 5.79. The molecule has 0 radical (unpaired) electrons. The Hall–Kier alpha value is -1.07. The topological polar surface area (TPSA) is 58.2 Å². The monoisotopic (exact) mass is 254 g/mol. The zero-order chi connectivity index (χ0) is 12.3. The van der Waals surface area contributed by atoms with Gasteiger partial charge in [0, 0.05) is 25.3 Å². The smallest absolute Gasteiger partial charge is 0.151 e.